The molecule has 3 aromatic carbocycles. The highest BCUT2D eigenvalue weighted by molar-refractivity contribution is 5.89. The first kappa shape index (κ1) is 27.5. The summed E-state index contributed by atoms with van der Waals surface area (Å²) in [5, 5.41) is 42.1. The molecule has 0 bridgehead atoms. The number of azo groups is 1. The summed E-state index contributed by atoms with van der Waals surface area (Å²) in [6, 6.07) is 17.5. The van der Waals surface area contributed by atoms with Crippen LogP contribution in [0.1, 0.15) is 5.56 Å². The third kappa shape index (κ3) is 8.27. The number of nitro benzene ring substituents is 1. The molecule has 0 fully saturated rings. The standard InChI is InChI=1S/C25H26N6O7/c1-17-2-3-20(16-23(17)27-24(33)34)26-25(35)38-15-13-30(12-14-32)21-8-4-18(5-9-21)28-29-19-6-10-22(11-7-19)31(36)37/h2-11,16,27,32H,12-15H2,1H3,(H,26,35)(H,33,34). The van der Waals surface area contributed by atoms with Gasteiger partial charge in [0.05, 0.1) is 29.4 Å². The number of aryl methyl sites for hydroxylation is 1. The highest BCUT2D eigenvalue weighted by atomic mass is 16.6. The van der Waals surface area contributed by atoms with Gasteiger partial charge in [0, 0.05) is 35.7 Å². The SMILES string of the molecule is Cc1ccc(NC(=O)OCCN(CCO)c2ccc(N=Nc3ccc([N+](=O)[O-])cc3)cc2)cc1NC(=O)O. The van der Waals surface area contributed by atoms with E-state index in [0.29, 0.717) is 41.4 Å². The summed E-state index contributed by atoms with van der Waals surface area (Å²) in [6.07, 6.45) is -1.92. The van der Waals surface area contributed by atoms with E-state index >= 15 is 0 Å². The number of amides is 2. The van der Waals surface area contributed by atoms with Crippen molar-refractivity contribution in [3.8, 4) is 0 Å². The Morgan fingerprint density at radius 1 is 0.974 bits per heavy atom. The van der Waals surface area contributed by atoms with Gasteiger partial charge in [-0.2, -0.15) is 10.2 Å². The molecule has 0 aliphatic heterocycles. The van der Waals surface area contributed by atoms with Gasteiger partial charge >= 0.3 is 12.2 Å². The Balaban J connectivity index is 1.53. The monoisotopic (exact) mass is 522 g/mol. The van der Waals surface area contributed by atoms with Crippen molar-refractivity contribution in [2.75, 3.05) is 41.8 Å². The number of ether oxygens (including phenoxy) is 1. The Labute approximate surface area is 217 Å². The van der Waals surface area contributed by atoms with Crippen molar-refractivity contribution in [2.24, 2.45) is 10.2 Å². The molecule has 0 aromatic heterocycles. The lowest BCUT2D eigenvalue weighted by molar-refractivity contribution is -0.384. The number of nitrogens with zero attached hydrogens (tertiary/aromatic N) is 4. The van der Waals surface area contributed by atoms with Crippen molar-refractivity contribution in [1.29, 1.82) is 0 Å². The number of hydrogen-bond acceptors (Lipinski definition) is 9. The van der Waals surface area contributed by atoms with Crippen molar-refractivity contribution in [3.63, 3.8) is 0 Å². The normalized spacial score (nSPS) is 10.7. The maximum absolute atomic E-state index is 12.2. The van der Waals surface area contributed by atoms with Crippen LogP contribution in [0.25, 0.3) is 0 Å². The lowest BCUT2D eigenvalue weighted by Crippen LogP contribution is -2.31. The van der Waals surface area contributed by atoms with Crippen LogP contribution in [-0.2, 0) is 4.74 Å². The Morgan fingerprint density at radius 2 is 1.61 bits per heavy atom. The van der Waals surface area contributed by atoms with Crippen LogP contribution in [0.2, 0.25) is 0 Å². The maximum atomic E-state index is 12.2. The topological polar surface area (TPSA) is 179 Å². The molecule has 0 spiro atoms. The summed E-state index contributed by atoms with van der Waals surface area (Å²) in [6.45, 7) is 2.25. The molecular formula is C25H26N6O7. The predicted molar refractivity (Wildman–Crippen MR) is 141 cm³/mol. The number of benzene rings is 3. The lowest BCUT2D eigenvalue weighted by atomic mass is 10.2. The molecule has 0 saturated carbocycles. The second-order valence-corrected chi connectivity index (χ2v) is 7.92. The van der Waals surface area contributed by atoms with E-state index in [4.69, 9.17) is 9.84 Å². The number of anilines is 3. The molecule has 3 aromatic rings. The Kier molecular flexibility index (Phi) is 9.65. The van der Waals surface area contributed by atoms with Crippen LogP contribution >= 0.6 is 0 Å². The van der Waals surface area contributed by atoms with Crippen LogP contribution in [0, 0.1) is 17.0 Å². The molecule has 0 aliphatic carbocycles. The van der Waals surface area contributed by atoms with Crippen molar-refractivity contribution in [3.05, 3.63) is 82.4 Å². The molecular weight excluding hydrogens is 496 g/mol. The van der Waals surface area contributed by atoms with Crippen LogP contribution in [0.5, 0.6) is 0 Å². The smallest absolute Gasteiger partial charge is 0.411 e. The van der Waals surface area contributed by atoms with E-state index in [2.05, 4.69) is 20.9 Å². The fraction of sp³-hybridized carbons (Fsp3) is 0.200. The van der Waals surface area contributed by atoms with Crippen molar-refractivity contribution < 1.29 is 29.5 Å². The molecule has 0 saturated heterocycles. The van der Waals surface area contributed by atoms with Gasteiger partial charge in [-0.25, -0.2) is 9.59 Å². The van der Waals surface area contributed by atoms with Crippen molar-refractivity contribution in [1.82, 2.24) is 0 Å². The summed E-state index contributed by atoms with van der Waals surface area (Å²) in [5.41, 5.74) is 3.18. The molecule has 3 rings (SSSR count). The number of nitro groups is 1. The molecule has 198 valence electrons. The quantitative estimate of drug-likeness (QED) is 0.146. The number of rotatable bonds is 11. The fourth-order valence-corrected chi connectivity index (χ4v) is 3.33. The fourth-order valence-electron chi connectivity index (χ4n) is 3.33. The van der Waals surface area contributed by atoms with Crippen LogP contribution in [0.15, 0.2) is 77.0 Å². The number of aliphatic hydroxyl groups is 1. The molecule has 38 heavy (non-hydrogen) atoms. The Morgan fingerprint density at radius 3 is 2.18 bits per heavy atom. The largest absolute Gasteiger partial charge is 0.465 e. The van der Waals surface area contributed by atoms with Crippen molar-refractivity contribution in [2.45, 2.75) is 6.92 Å². The molecule has 2 amide bonds. The average Bonchev–Trinajstić information content (AvgIpc) is 2.89. The van der Waals surface area contributed by atoms with E-state index in [0.717, 1.165) is 5.69 Å². The Hall–Kier alpha value is -5.04. The molecule has 0 radical (unpaired) electrons. The van der Waals surface area contributed by atoms with Crippen LogP contribution < -0.4 is 15.5 Å². The highest BCUT2D eigenvalue weighted by Gasteiger charge is 2.10. The predicted octanol–water partition coefficient (Wildman–Crippen LogP) is 5.46. The summed E-state index contributed by atoms with van der Waals surface area (Å²) < 4.78 is 5.24. The van der Waals surface area contributed by atoms with Crippen molar-refractivity contribution >= 4 is 46.3 Å². The van der Waals surface area contributed by atoms with E-state index < -0.39 is 17.1 Å². The number of aliphatic hydroxyl groups excluding tert-OH is 1. The van der Waals surface area contributed by atoms with E-state index in [1.165, 1.54) is 30.3 Å². The minimum atomic E-state index is -1.21. The number of hydrogen-bond donors (Lipinski definition) is 4. The summed E-state index contributed by atoms with van der Waals surface area (Å²) in [4.78, 5) is 35.2. The molecule has 13 heteroatoms. The van der Waals surface area contributed by atoms with E-state index in [9.17, 15) is 24.8 Å². The number of nitrogens with one attached hydrogen (secondary N) is 2. The molecule has 13 nitrogen and oxygen atoms in total. The van der Waals surface area contributed by atoms with Gasteiger partial charge in [-0.15, -0.1) is 0 Å². The first-order valence-electron chi connectivity index (χ1n) is 11.4. The van der Waals surface area contributed by atoms with E-state index in [1.54, 1.807) is 43.3 Å². The second kappa shape index (κ2) is 13.3. The number of non-ortho nitro benzene ring substituents is 1. The summed E-state index contributed by atoms with van der Waals surface area (Å²) >= 11 is 0. The first-order valence-corrected chi connectivity index (χ1v) is 11.4. The lowest BCUT2D eigenvalue weighted by Gasteiger charge is -2.23. The third-order valence-electron chi connectivity index (χ3n) is 5.25. The average molecular weight is 523 g/mol. The maximum Gasteiger partial charge on any atom is 0.411 e. The third-order valence-corrected chi connectivity index (χ3v) is 5.25. The van der Waals surface area contributed by atoms with Gasteiger partial charge in [0.2, 0.25) is 0 Å². The highest BCUT2D eigenvalue weighted by Crippen LogP contribution is 2.24. The molecule has 0 heterocycles. The van der Waals surface area contributed by atoms with Crippen LogP contribution in [0.4, 0.5) is 43.7 Å². The van der Waals surface area contributed by atoms with Gasteiger partial charge in [-0.05, 0) is 61.0 Å². The van der Waals surface area contributed by atoms with Crippen LogP contribution in [0.3, 0.4) is 0 Å². The van der Waals surface area contributed by atoms with Gasteiger partial charge in [0.1, 0.15) is 6.61 Å². The van der Waals surface area contributed by atoms with E-state index in [1.807, 2.05) is 4.90 Å². The molecule has 4 N–H and O–H groups in total. The van der Waals surface area contributed by atoms with E-state index in [-0.39, 0.29) is 18.9 Å². The zero-order chi connectivity index (χ0) is 27.5. The number of carbonyl (C=O) groups is 2. The minimum Gasteiger partial charge on any atom is -0.465 e. The molecule has 0 atom stereocenters. The van der Waals surface area contributed by atoms with Gasteiger partial charge < -0.3 is 19.8 Å². The summed E-state index contributed by atoms with van der Waals surface area (Å²) in [7, 11) is 0. The number of carboxylic acid groups (broad SMARTS) is 1. The van der Waals surface area contributed by atoms with Crippen LogP contribution in [-0.4, -0.2) is 53.6 Å². The van der Waals surface area contributed by atoms with Gasteiger partial charge in [0.25, 0.3) is 5.69 Å². The Bertz CT molecular complexity index is 1300. The zero-order valence-corrected chi connectivity index (χ0v) is 20.4. The summed E-state index contributed by atoms with van der Waals surface area (Å²) in [5.74, 6) is 0. The number of carbonyl (C=O) groups excluding carboxylic acids is 1. The minimum absolute atomic E-state index is 0.0273. The molecule has 0 aliphatic rings. The van der Waals surface area contributed by atoms with Gasteiger partial charge in [-0.3, -0.25) is 20.7 Å². The second-order valence-electron chi connectivity index (χ2n) is 7.92. The molecule has 0 unspecified atom stereocenters. The zero-order valence-electron chi connectivity index (χ0n) is 20.4. The first-order chi connectivity index (χ1) is 18.2. The van der Waals surface area contributed by atoms with Gasteiger partial charge in [-0.1, -0.05) is 6.07 Å². The van der Waals surface area contributed by atoms with Gasteiger partial charge in [0.15, 0.2) is 0 Å².